The lowest BCUT2D eigenvalue weighted by Crippen LogP contribution is -2.45. The number of hydrogen-bond acceptors (Lipinski definition) is 4. The fourth-order valence-corrected chi connectivity index (χ4v) is 4.80. The van der Waals surface area contributed by atoms with Crippen LogP contribution in [-0.4, -0.2) is 32.3 Å². The van der Waals surface area contributed by atoms with E-state index in [4.69, 9.17) is 11.6 Å². The van der Waals surface area contributed by atoms with Gasteiger partial charge in [0.25, 0.3) is 0 Å². The molecule has 1 aliphatic carbocycles. The minimum absolute atomic E-state index is 0.236. The van der Waals surface area contributed by atoms with E-state index in [9.17, 15) is 18.4 Å². The van der Waals surface area contributed by atoms with E-state index in [1.165, 1.54) is 4.57 Å². The van der Waals surface area contributed by atoms with Gasteiger partial charge in [0.05, 0.1) is 18.0 Å². The average molecular weight is 424 g/mol. The van der Waals surface area contributed by atoms with Gasteiger partial charge in [0.1, 0.15) is 5.82 Å². The van der Waals surface area contributed by atoms with Crippen molar-refractivity contribution >= 4 is 11.6 Å². The van der Waals surface area contributed by atoms with Gasteiger partial charge in [-0.05, 0) is 49.8 Å². The van der Waals surface area contributed by atoms with Crippen LogP contribution in [-0.2, 0) is 25.7 Å². The maximum atomic E-state index is 13.0. The molecule has 2 aliphatic rings. The molecular formula is C20H21ClF3N5. The molecule has 0 radical (unpaired) electrons. The number of halogens is 4. The molecule has 0 atom stereocenters. The normalized spacial score (nSPS) is 25.4. The molecule has 1 aliphatic heterocycles. The third-order valence-electron chi connectivity index (χ3n) is 6.13. The van der Waals surface area contributed by atoms with Gasteiger partial charge in [-0.3, -0.25) is 4.90 Å². The summed E-state index contributed by atoms with van der Waals surface area (Å²) in [6, 6.07) is 10.4. The second-order valence-corrected chi connectivity index (χ2v) is 8.43. The second-order valence-electron chi connectivity index (χ2n) is 7.99. The minimum Gasteiger partial charge on any atom is -0.305 e. The summed E-state index contributed by atoms with van der Waals surface area (Å²) in [7, 11) is 0. The highest BCUT2D eigenvalue weighted by Gasteiger charge is 2.41. The zero-order valence-electron chi connectivity index (χ0n) is 15.8. The summed E-state index contributed by atoms with van der Waals surface area (Å²) >= 11 is 6.07. The Balaban J connectivity index is 1.41. The van der Waals surface area contributed by atoms with Gasteiger partial charge < -0.3 is 4.57 Å². The fraction of sp³-hybridized carbons (Fsp3) is 0.550. The predicted molar refractivity (Wildman–Crippen MR) is 101 cm³/mol. The monoisotopic (exact) mass is 423 g/mol. The molecule has 154 valence electrons. The first-order chi connectivity index (χ1) is 13.8. The summed E-state index contributed by atoms with van der Waals surface area (Å²) in [6.07, 6.45) is -0.608. The maximum absolute atomic E-state index is 13.0. The molecule has 9 heteroatoms. The largest absolute Gasteiger partial charge is 0.451 e. The number of rotatable bonds is 3. The molecule has 0 bridgehead atoms. The molecule has 0 N–H and O–H groups in total. The molecule has 0 unspecified atom stereocenters. The van der Waals surface area contributed by atoms with Gasteiger partial charge in [0, 0.05) is 24.2 Å². The van der Waals surface area contributed by atoms with Crippen molar-refractivity contribution in [3.8, 4) is 6.07 Å². The van der Waals surface area contributed by atoms with Crippen LogP contribution < -0.4 is 0 Å². The van der Waals surface area contributed by atoms with Crippen LogP contribution in [0, 0.1) is 16.7 Å². The zero-order chi connectivity index (χ0) is 20.6. The Morgan fingerprint density at radius 3 is 2.62 bits per heavy atom. The van der Waals surface area contributed by atoms with Gasteiger partial charge in [0.15, 0.2) is 0 Å². The zero-order valence-corrected chi connectivity index (χ0v) is 16.5. The number of aromatic nitrogens is 3. The van der Waals surface area contributed by atoms with Gasteiger partial charge in [0.2, 0.25) is 5.82 Å². The van der Waals surface area contributed by atoms with E-state index < -0.39 is 17.4 Å². The summed E-state index contributed by atoms with van der Waals surface area (Å²) < 4.78 is 40.2. The van der Waals surface area contributed by atoms with Crippen molar-refractivity contribution in [3.63, 3.8) is 0 Å². The highest BCUT2D eigenvalue weighted by molar-refractivity contribution is 6.30. The van der Waals surface area contributed by atoms with E-state index >= 15 is 0 Å². The predicted octanol–water partition coefficient (Wildman–Crippen LogP) is 4.46. The number of nitriles is 1. The molecule has 1 fully saturated rings. The van der Waals surface area contributed by atoms with Crippen LogP contribution >= 0.6 is 11.6 Å². The Morgan fingerprint density at radius 1 is 1.21 bits per heavy atom. The van der Waals surface area contributed by atoms with Gasteiger partial charge in [-0.2, -0.15) is 18.4 Å². The molecule has 1 aromatic heterocycles. The molecular weight excluding hydrogens is 403 g/mol. The van der Waals surface area contributed by atoms with Gasteiger partial charge in [-0.15, -0.1) is 10.2 Å². The van der Waals surface area contributed by atoms with Gasteiger partial charge >= 0.3 is 6.18 Å². The van der Waals surface area contributed by atoms with Crippen LogP contribution in [0.3, 0.4) is 0 Å². The van der Waals surface area contributed by atoms with Crippen LogP contribution in [0.25, 0.3) is 0 Å². The average Bonchev–Trinajstić information content (AvgIpc) is 3.12. The molecule has 0 saturated heterocycles. The van der Waals surface area contributed by atoms with E-state index in [0.29, 0.717) is 30.4 Å². The molecule has 1 saturated carbocycles. The van der Waals surface area contributed by atoms with Crippen molar-refractivity contribution < 1.29 is 13.2 Å². The van der Waals surface area contributed by atoms with E-state index in [1.54, 1.807) is 0 Å². The molecule has 5 nitrogen and oxygen atoms in total. The second kappa shape index (κ2) is 7.62. The van der Waals surface area contributed by atoms with Gasteiger partial charge in [-0.1, -0.05) is 23.7 Å². The van der Waals surface area contributed by atoms with E-state index in [2.05, 4.69) is 21.2 Å². The summed E-state index contributed by atoms with van der Waals surface area (Å²) in [4.78, 5) is 2.19. The lowest BCUT2D eigenvalue weighted by molar-refractivity contribution is -0.148. The minimum atomic E-state index is -4.48. The van der Waals surface area contributed by atoms with Crippen molar-refractivity contribution in [2.24, 2.45) is 5.41 Å². The molecule has 29 heavy (non-hydrogen) atoms. The van der Waals surface area contributed by atoms with Crippen LogP contribution in [0.5, 0.6) is 0 Å². The smallest absolute Gasteiger partial charge is 0.305 e. The summed E-state index contributed by atoms with van der Waals surface area (Å²) in [5, 5.41) is 17.6. The van der Waals surface area contributed by atoms with Gasteiger partial charge in [-0.25, -0.2) is 0 Å². The number of hydrogen-bond donors (Lipinski definition) is 0. The summed E-state index contributed by atoms with van der Waals surface area (Å²) in [5.41, 5.74) is 0.642. The van der Waals surface area contributed by atoms with Crippen molar-refractivity contribution in [1.29, 1.82) is 5.26 Å². The van der Waals surface area contributed by atoms with Crippen molar-refractivity contribution in [1.82, 2.24) is 19.7 Å². The SMILES string of the molecule is N#C[C@]1(Cc2cccc(Cl)c2)CC[C@H](N2CCn3c(nnc3C(F)(F)F)C2)CC1. The first-order valence-electron chi connectivity index (χ1n) is 9.69. The van der Waals surface area contributed by atoms with Crippen molar-refractivity contribution in [2.45, 2.75) is 57.4 Å². The van der Waals surface area contributed by atoms with Crippen LogP contribution in [0.2, 0.25) is 5.02 Å². The molecule has 1 aromatic carbocycles. The highest BCUT2D eigenvalue weighted by atomic mass is 35.5. The Labute approximate surface area is 172 Å². The summed E-state index contributed by atoms with van der Waals surface area (Å²) in [5.74, 6) is -0.555. The van der Waals surface area contributed by atoms with Crippen LogP contribution in [0.15, 0.2) is 24.3 Å². The number of fused-ring (bicyclic) bond motifs is 1. The van der Waals surface area contributed by atoms with E-state index in [1.807, 2.05) is 24.3 Å². The highest BCUT2D eigenvalue weighted by Crippen LogP contribution is 2.41. The Kier molecular flexibility index (Phi) is 5.30. The Bertz CT molecular complexity index is 925. The molecule has 4 rings (SSSR count). The first kappa shape index (κ1) is 20.2. The summed E-state index contributed by atoms with van der Waals surface area (Å²) in [6.45, 7) is 1.13. The topological polar surface area (TPSA) is 57.7 Å². The number of nitrogens with zero attached hydrogens (tertiary/aromatic N) is 5. The van der Waals surface area contributed by atoms with Crippen molar-refractivity contribution in [2.75, 3.05) is 6.54 Å². The lowest BCUT2D eigenvalue weighted by atomic mass is 9.70. The third kappa shape index (κ3) is 4.12. The van der Waals surface area contributed by atoms with E-state index in [0.717, 1.165) is 31.2 Å². The molecule has 0 amide bonds. The third-order valence-corrected chi connectivity index (χ3v) is 6.37. The Hall–Kier alpha value is -2.11. The lowest BCUT2D eigenvalue weighted by Gasteiger charge is -2.41. The number of benzene rings is 1. The molecule has 2 heterocycles. The van der Waals surface area contributed by atoms with Crippen LogP contribution in [0.1, 0.15) is 42.9 Å². The maximum Gasteiger partial charge on any atom is 0.451 e. The first-order valence-corrected chi connectivity index (χ1v) is 10.1. The quantitative estimate of drug-likeness (QED) is 0.731. The Morgan fingerprint density at radius 2 is 1.97 bits per heavy atom. The fourth-order valence-electron chi connectivity index (χ4n) is 4.58. The van der Waals surface area contributed by atoms with E-state index in [-0.39, 0.29) is 12.6 Å². The molecule has 0 spiro atoms. The van der Waals surface area contributed by atoms with Crippen LogP contribution in [0.4, 0.5) is 13.2 Å². The standard InChI is InChI=1S/C20H21ClF3N5/c21-15-3-1-2-14(10-15)11-19(13-25)6-4-16(5-7-19)28-8-9-29-17(12-28)26-27-18(29)20(22,23)24/h1-3,10,16H,4-9,11-12H2/t16-,19+. The van der Waals surface area contributed by atoms with Crippen molar-refractivity contribution in [3.05, 3.63) is 46.5 Å². The molecule has 2 aromatic rings. The number of alkyl halides is 3.